The molecule has 0 aliphatic rings. The second-order valence-corrected chi connectivity index (χ2v) is 1.81. The fourth-order valence-electron chi connectivity index (χ4n) is 0.446. The summed E-state index contributed by atoms with van der Waals surface area (Å²) in [4.78, 5) is 20.4. The topological polar surface area (TPSA) is 132 Å². The molecule has 7 nitrogen and oxygen atoms in total. The Kier molecular flexibility index (Phi) is 11.0. The third-order valence-electron chi connectivity index (χ3n) is 0.863. The van der Waals surface area contributed by atoms with Crippen LogP contribution in [0.3, 0.4) is 0 Å². The summed E-state index contributed by atoms with van der Waals surface area (Å²) in [6.45, 7) is 5.51. The van der Waals surface area contributed by atoms with Gasteiger partial charge in [0, 0.05) is 13.0 Å². The molecule has 0 aromatic carbocycles. The number of aromatic nitrogens is 3. The number of hydrogen-bond acceptors (Lipinski definition) is 5. The Balaban J connectivity index is 0. The van der Waals surface area contributed by atoms with Crippen LogP contribution in [0.25, 0.3) is 0 Å². The van der Waals surface area contributed by atoms with Crippen molar-refractivity contribution in [3.63, 3.8) is 0 Å². The van der Waals surface area contributed by atoms with Crippen LogP contribution in [0.4, 0.5) is 4.79 Å². The third-order valence-corrected chi connectivity index (χ3v) is 0.863. The Morgan fingerprint density at radius 2 is 1.79 bits per heavy atom. The maximum absolute atomic E-state index is 9.00. The normalized spacial score (nSPS) is 7.07. The molecule has 0 spiro atoms. The number of primary amides is 2. The van der Waals surface area contributed by atoms with Crippen LogP contribution in [0, 0.1) is 11.8 Å². The Morgan fingerprint density at radius 3 is 2.00 bits per heavy atom. The highest BCUT2D eigenvalue weighted by molar-refractivity contribution is 5.69. The summed E-state index contributed by atoms with van der Waals surface area (Å²) < 4.78 is 0. The molecular formula is C7H12N6O. The molecule has 0 radical (unpaired) electrons. The van der Waals surface area contributed by atoms with Crippen LogP contribution in [0.2, 0.25) is 0 Å². The first-order valence-corrected chi connectivity index (χ1v) is 3.58. The highest BCUT2D eigenvalue weighted by Gasteiger charge is 1.84. The van der Waals surface area contributed by atoms with Crippen LogP contribution in [0.1, 0.15) is 12.7 Å². The van der Waals surface area contributed by atoms with E-state index in [1.165, 1.54) is 12.7 Å². The van der Waals surface area contributed by atoms with Crippen molar-refractivity contribution in [1.82, 2.24) is 15.0 Å². The first-order chi connectivity index (χ1) is 6.66. The van der Waals surface area contributed by atoms with Crippen LogP contribution < -0.4 is 11.5 Å². The second kappa shape index (κ2) is 10.8. The summed E-state index contributed by atoms with van der Waals surface area (Å²) in [5.41, 5.74) is 8.50. The molecule has 1 aromatic rings. The molecule has 0 saturated heterocycles. The lowest BCUT2D eigenvalue weighted by Crippen LogP contribution is -2.18. The lowest BCUT2D eigenvalue weighted by molar-refractivity contribution is 0.256. The van der Waals surface area contributed by atoms with Crippen molar-refractivity contribution in [1.29, 1.82) is 5.26 Å². The van der Waals surface area contributed by atoms with Gasteiger partial charge in [0.25, 0.3) is 0 Å². The van der Waals surface area contributed by atoms with Crippen LogP contribution >= 0.6 is 0 Å². The number of carbonyl (C=O) groups excluding carboxylic acids is 1. The largest absolute Gasteiger partial charge is 0.352 e. The summed E-state index contributed by atoms with van der Waals surface area (Å²) in [5.74, 6) is 0.847. The van der Waals surface area contributed by atoms with E-state index in [-0.39, 0.29) is 0 Å². The van der Waals surface area contributed by atoms with Gasteiger partial charge in [-0.25, -0.2) is 25.0 Å². The molecule has 0 bridgehead atoms. The molecule has 14 heavy (non-hydrogen) atoms. The first kappa shape index (κ1) is 14.3. The average molecular weight is 196 g/mol. The Bertz CT molecular complexity index is 255. The van der Waals surface area contributed by atoms with E-state index in [9.17, 15) is 0 Å². The number of nitriles is 1. The molecule has 76 valence electrons. The van der Waals surface area contributed by atoms with Gasteiger partial charge in [0.1, 0.15) is 18.5 Å². The number of aryl methyl sites for hydroxylation is 1. The number of nitrogens with two attached hydrogens (primary N) is 2. The SMILES string of the molecule is C#N.CCc1ncncn1.NC(N)=O. The van der Waals surface area contributed by atoms with E-state index in [0.717, 1.165) is 12.2 Å². The molecule has 4 N–H and O–H groups in total. The van der Waals surface area contributed by atoms with Crippen LogP contribution in [0.5, 0.6) is 0 Å². The van der Waals surface area contributed by atoms with Crippen LogP contribution in [-0.2, 0) is 6.42 Å². The van der Waals surface area contributed by atoms with E-state index in [2.05, 4.69) is 33.0 Å². The molecule has 0 saturated carbocycles. The van der Waals surface area contributed by atoms with Crippen molar-refractivity contribution in [2.24, 2.45) is 11.5 Å². The molecule has 0 atom stereocenters. The van der Waals surface area contributed by atoms with E-state index in [4.69, 9.17) is 10.1 Å². The quantitative estimate of drug-likeness (QED) is 0.630. The highest BCUT2D eigenvalue weighted by Crippen LogP contribution is 1.82. The minimum absolute atomic E-state index is 0.833. The lowest BCUT2D eigenvalue weighted by Gasteiger charge is -1.87. The highest BCUT2D eigenvalue weighted by atomic mass is 16.2. The summed E-state index contributed by atoms with van der Waals surface area (Å²) in [6.07, 6.45) is 3.89. The molecule has 0 unspecified atom stereocenters. The van der Waals surface area contributed by atoms with Crippen LogP contribution in [0.15, 0.2) is 12.7 Å². The van der Waals surface area contributed by atoms with Gasteiger partial charge >= 0.3 is 6.03 Å². The molecule has 0 aliphatic heterocycles. The van der Waals surface area contributed by atoms with Crippen molar-refractivity contribution in [3.8, 4) is 6.57 Å². The van der Waals surface area contributed by atoms with Crippen molar-refractivity contribution in [2.75, 3.05) is 0 Å². The van der Waals surface area contributed by atoms with Crippen molar-refractivity contribution in [2.45, 2.75) is 13.3 Å². The van der Waals surface area contributed by atoms with Crippen molar-refractivity contribution in [3.05, 3.63) is 18.5 Å². The molecular weight excluding hydrogens is 184 g/mol. The standard InChI is InChI=1S/C5H7N3.CH4N2O.CHN/c1-2-5-7-3-6-4-8-5;2-1(3)4;1-2/h3-4H,2H2,1H3;(H4,2,3,4);1H. The Hall–Kier alpha value is -2.23. The fraction of sp³-hybridized carbons (Fsp3) is 0.286. The smallest absolute Gasteiger partial charge is 0.309 e. The minimum atomic E-state index is -0.833. The Labute approximate surface area is 81.8 Å². The molecule has 7 heteroatoms. The van der Waals surface area contributed by atoms with Gasteiger partial charge in [-0.2, -0.15) is 0 Å². The number of carbonyl (C=O) groups is 1. The predicted octanol–water partition coefficient (Wildman–Crippen LogP) is -0.402. The lowest BCUT2D eigenvalue weighted by atomic mass is 10.5. The third kappa shape index (κ3) is 12.4. The number of amides is 2. The monoisotopic (exact) mass is 196 g/mol. The zero-order valence-corrected chi connectivity index (χ0v) is 7.79. The van der Waals surface area contributed by atoms with Gasteiger partial charge in [0.15, 0.2) is 0 Å². The van der Waals surface area contributed by atoms with E-state index in [0.29, 0.717) is 0 Å². The average Bonchev–Trinajstić information content (AvgIpc) is 2.21. The molecule has 2 amide bonds. The summed E-state index contributed by atoms with van der Waals surface area (Å²) in [6, 6.07) is -0.833. The molecule has 0 aliphatic carbocycles. The molecule has 1 aromatic heterocycles. The summed E-state index contributed by atoms with van der Waals surface area (Å²) in [5, 5.41) is 6.50. The first-order valence-electron chi connectivity index (χ1n) is 3.58. The van der Waals surface area contributed by atoms with E-state index in [1.807, 2.05) is 6.92 Å². The van der Waals surface area contributed by atoms with Gasteiger partial charge in [0.2, 0.25) is 0 Å². The predicted molar refractivity (Wildman–Crippen MR) is 49.6 cm³/mol. The van der Waals surface area contributed by atoms with Gasteiger partial charge < -0.3 is 11.5 Å². The summed E-state index contributed by atoms with van der Waals surface area (Å²) in [7, 11) is 0. The fourth-order valence-corrected chi connectivity index (χ4v) is 0.446. The number of nitrogens with zero attached hydrogens (tertiary/aromatic N) is 4. The zero-order chi connectivity index (χ0) is 11.4. The van der Waals surface area contributed by atoms with Gasteiger partial charge in [-0.1, -0.05) is 6.92 Å². The van der Waals surface area contributed by atoms with Gasteiger partial charge in [-0.05, 0) is 0 Å². The number of hydrogen-bond donors (Lipinski definition) is 2. The molecule has 0 fully saturated rings. The summed E-state index contributed by atoms with van der Waals surface area (Å²) >= 11 is 0. The Morgan fingerprint density at radius 1 is 1.43 bits per heavy atom. The van der Waals surface area contributed by atoms with E-state index >= 15 is 0 Å². The number of rotatable bonds is 1. The van der Waals surface area contributed by atoms with Gasteiger partial charge in [-0.15, -0.1) is 0 Å². The zero-order valence-electron chi connectivity index (χ0n) is 7.79. The van der Waals surface area contributed by atoms with Crippen LogP contribution in [-0.4, -0.2) is 21.0 Å². The minimum Gasteiger partial charge on any atom is -0.352 e. The van der Waals surface area contributed by atoms with Crippen molar-refractivity contribution < 1.29 is 4.79 Å². The van der Waals surface area contributed by atoms with Gasteiger partial charge in [-0.3, -0.25) is 0 Å². The maximum Gasteiger partial charge on any atom is 0.309 e. The molecule has 1 rings (SSSR count). The number of urea groups is 1. The van der Waals surface area contributed by atoms with Crippen molar-refractivity contribution >= 4 is 6.03 Å². The molecule has 1 heterocycles. The maximum atomic E-state index is 9.00. The van der Waals surface area contributed by atoms with Gasteiger partial charge in [0.05, 0.1) is 0 Å². The van der Waals surface area contributed by atoms with E-state index in [1.54, 1.807) is 0 Å². The second-order valence-electron chi connectivity index (χ2n) is 1.81. The van der Waals surface area contributed by atoms with E-state index < -0.39 is 6.03 Å².